The quantitative estimate of drug-likeness (QED) is 0.442. The molecule has 0 fully saturated rings. The maximum absolute atomic E-state index is 11.7. The normalized spacial score (nSPS) is 11.6. The first-order valence-electron chi connectivity index (χ1n) is 6.43. The Balaban J connectivity index is 4.39. The van der Waals surface area contributed by atoms with E-state index in [9.17, 15) is 19.2 Å². The summed E-state index contributed by atoms with van der Waals surface area (Å²) in [4.78, 5) is 45.9. The first-order chi connectivity index (χ1) is 9.63. The van der Waals surface area contributed by atoms with Gasteiger partial charge in [-0.15, -0.1) is 0 Å². The zero-order valence-electron chi connectivity index (χ0n) is 12.4. The van der Waals surface area contributed by atoms with Gasteiger partial charge in [0.25, 0.3) is 0 Å². The lowest BCUT2D eigenvalue weighted by atomic mass is 10.2. The Morgan fingerprint density at radius 3 is 2.24 bits per heavy atom. The van der Waals surface area contributed by atoms with Crippen LogP contribution in [0.5, 0.6) is 0 Å². The number of aliphatic carboxylic acids is 1. The zero-order valence-corrected chi connectivity index (χ0v) is 12.4. The Morgan fingerprint density at radius 1 is 1.24 bits per heavy atom. The van der Waals surface area contributed by atoms with Crippen LogP contribution in [0.15, 0.2) is 0 Å². The minimum atomic E-state index is -1.42. The predicted molar refractivity (Wildman–Crippen MR) is 74.2 cm³/mol. The second-order valence-corrected chi connectivity index (χ2v) is 5.06. The fraction of sp³-hybridized carbons (Fsp3) is 0.667. The van der Waals surface area contributed by atoms with Crippen LogP contribution < -0.4 is 16.4 Å². The summed E-state index contributed by atoms with van der Waals surface area (Å²) in [6, 6.07) is -2.19. The van der Waals surface area contributed by atoms with E-state index >= 15 is 0 Å². The lowest BCUT2D eigenvalue weighted by Crippen LogP contribution is -2.50. The Morgan fingerprint density at radius 2 is 1.81 bits per heavy atom. The number of nitrogens with one attached hydrogen (secondary N) is 2. The Hall–Kier alpha value is -2.32. The van der Waals surface area contributed by atoms with Gasteiger partial charge in [0.1, 0.15) is 12.6 Å². The Labute approximate surface area is 122 Å². The minimum Gasteiger partial charge on any atom is -0.480 e. The van der Waals surface area contributed by atoms with Crippen molar-refractivity contribution < 1.29 is 24.3 Å². The molecule has 0 aliphatic heterocycles. The molecular formula is C12H22N4O5. The first-order valence-corrected chi connectivity index (χ1v) is 6.43. The van der Waals surface area contributed by atoms with E-state index in [1.807, 2.05) is 13.8 Å². The van der Waals surface area contributed by atoms with E-state index in [0.29, 0.717) is 6.54 Å². The van der Waals surface area contributed by atoms with Crippen LogP contribution in [0.3, 0.4) is 0 Å². The summed E-state index contributed by atoms with van der Waals surface area (Å²) in [5.41, 5.74) is 4.90. The lowest BCUT2D eigenvalue weighted by molar-refractivity contribution is -0.140. The molecule has 0 spiro atoms. The van der Waals surface area contributed by atoms with E-state index in [0.717, 1.165) is 4.90 Å². The summed E-state index contributed by atoms with van der Waals surface area (Å²) in [6.07, 6.45) is -0.519. The molecule has 0 aromatic rings. The summed E-state index contributed by atoms with van der Waals surface area (Å²) in [5, 5.41) is 13.6. The summed E-state index contributed by atoms with van der Waals surface area (Å²) in [7, 11) is 1.34. The van der Waals surface area contributed by atoms with E-state index in [-0.39, 0.29) is 18.4 Å². The summed E-state index contributed by atoms with van der Waals surface area (Å²) >= 11 is 0. The second-order valence-electron chi connectivity index (χ2n) is 5.06. The van der Waals surface area contributed by atoms with Gasteiger partial charge < -0.3 is 26.4 Å². The molecule has 0 aliphatic carbocycles. The molecule has 0 rings (SSSR count). The Kier molecular flexibility index (Phi) is 7.80. The van der Waals surface area contributed by atoms with Gasteiger partial charge in [-0.3, -0.25) is 9.59 Å². The lowest BCUT2D eigenvalue weighted by Gasteiger charge is -2.20. The van der Waals surface area contributed by atoms with Gasteiger partial charge in [-0.1, -0.05) is 13.8 Å². The number of nitrogens with zero attached hydrogens (tertiary/aromatic N) is 1. The monoisotopic (exact) mass is 302 g/mol. The maximum Gasteiger partial charge on any atom is 0.326 e. The third kappa shape index (κ3) is 8.45. The highest BCUT2D eigenvalue weighted by molar-refractivity contribution is 5.89. The van der Waals surface area contributed by atoms with Crippen LogP contribution in [0.25, 0.3) is 0 Å². The number of urea groups is 1. The van der Waals surface area contributed by atoms with Gasteiger partial charge in [-0.2, -0.15) is 0 Å². The summed E-state index contributed by atoms with van der Waals surface area (Å²) < 4.78 is 0. The molecule has 4 amide bonds. The fourth-order valence-electron chi connectivity index (χ4n) is 1.32. The van der Waals surface area contributed by atoms with Crippen LogP contribution in [0, 0.1) is 5.92 Å². The first kappa shape index (κ1) is 18.7. The maximum atomic E-state index is 11.7. The van der Waals surface area contributed by atoms with Crippen molar-refractivity contribution in [1.29, 1.82) is 0 Å². The molecule has 0 bridgehead atoms. The van der Waals surface area contributed by atoms with E-state index < -0.39 is 30.4 Å². The third-order valence-electron chi connectivity index (χ3n) is 2.44. The number of carbonyl (C=O) groups is 4. The number of carbonyl (C=O) groups excluding carboxylic acids is 3. The molecule has 0 aromatic heterocycles. The molecule has 0 saturated heterocycles. The smallest absolute Gasteiger partial charge is 0.326 e. The van der Waals surface area contributed by atoms with Gasteiger partial charge in [0, 0.05) is 13.6 Å². The van der Waals surface area contributed by atoms with Gasteiger partial charge in [-0.25, -0.2) is 9.59 Å². The number of carboxylic acid groups (broad SMARTS) is 1. The van der Waals surface area contributed by atoms with Gasteiger partial charge in [-0.05, 0) is 5.92 Å². The molecule has 120 valence electrons. The average molecular weight is 302 g/mol. The molecule has 0 heterocycles. The van der Waals surface area contributed by atoms with Crippen LogP contribution in [-0.2, 0) is 14.4 Å². The number of rotatable bonds is 8. The van der Waals surface area contributed by atoms with Crippen molar-refractivity contribution in [3.05, 3.63) is 0 Å². The molecule has 0 aromatic carbocycles. The number of hydrogen-bond acceptors (Lipinski definition) is 4. The molecule has 21 heavy (non-hydrogen) atoms. The molecule has 0 radical (unpaired) electrons. The number of likely N-dealkylation sites (N-methyl/N-ethyl adjacent to an activating group) is 1. The van der Waals surface area contributed by atoms with Crippen molar-refractivity contribution in [2.75, 3.05) is 20.1 Å². The van der Waals surface area contributed by atoms with Crippen LogP contribution in [0.1, 0.15) is 20.3 Å². The topological polar surface area (TPSA) is 142 Å². The molecule has 1 atom stereocenters. The number of amides is 4. The molecular weight excluding hydrogens is 280 g/mol. The summed E-state index contributed by atoms with van der Waals surface area (Å²) in [6.45, 7) is 4.12. The summed E-state index contributed by atoms with van der Waals surface area (Å²) in [5.74, 6) is -2.30. The van der Waals surface area contributed by atoms with E-state index in [4.69, 9.17) is 10.8 Å². The van der Waals surface area contributed by atoms with Gasteiger partial charge in [0.05, 0.1) is 6.42 Å². The van der Waals surface area contributed by atoms with Crippen LogP contribution in [0.2, 0.25) is 0 Å². The van der Waals surface area contributed by atoms with Crippen molar-refractivity contribution in [2.24, 2.45) is 11.7 Å². The van der Waals surface area contributed by atoms with E-state index in [1.165, 1.54) is 7.05 Å². The predicted octanol–water partition coefficient (Wildman–Crippen LogP) is -1.27. The van der Waals surface area contributed by atoms with Gasteiger partial charge in [0.15, 0.2) is 0 Å². The molecule has 0 unspecified atom stereocenters. The third-order valence-corrected chi connectivity index (χ3v) is 2.44. The van der Waals surface area contributed by atoms with Gasteiger partial charge >= 0.3 is 12.0 Å². The highest BCUT2D eigenvalue weighted by Gasteiger charge is 2.24. The molecule has 0 saturated carbocycles. The number of carboxylic acids is 1. The van der Waals surface area contributed by atoms with E-state index in [1.54, 1.807) is 0 Å². The van der Waals surface area contributed by atoms with Gasteiger partial charge in [0.2, 0.25) is 11.8 Å². The average Bonchev–Trinajstić information content (AvgIpc) is 2.34. The minimum absolute atomic E-state index is 0.221. The van der Waals surface area contributed by atoms with Crippen molar-refractivity contribution in [1.82, 2.24) is 15.5 Å². The van der Waals surface area contributed by atoms with Crippen molar-refractivity contribution in [2.45, 2.75) is 26.3 Å². The van der Waals surface area contributed by atoms with Crippen molar-refractivity contribution >= 4 is 23.8 Å². The van der Waals surface area contributed by atoms with Crippen LogP contribution in [0.4, 0.5) is 4.79 Å². The Bertz CT molecular complexity index is 410. The number of hydrogen-bond donors (Lipinski definition) is 4. The SMILES string of the molecule is CC(C)CNC(=O)CN(C)C(=O)N[C@@H](CC(N)=O)C(=O)O. The zero-order chi connectivity index (χ0) is 16.6. The molecule has 9 heteroatoms. The number of primary amides is 1. The van der Waals surface area contributed by atoms with E-state index in [2.05, 4.69) is 10.6 Å². The van der Waals surface area contributed by atoms with Crippen molar-refractivity contribution in [3.8, 4) is 0 Å². The van der Waals surface area contributed by atoms with Crippen molar-refractivity contribution in [3.63, 3.8) is 0 Å². The second kappa shape index (κ2) is 8.77. The van der Waals surface area contributed by atoms with Crippen LogP contribution in [-0.4, -0.2) is 60.0 Å². The molecule has 5 N–H and O–H groups in total. The van der Waals surface area contributed by atoms with Crippen LogP contribution >= 0.6 is 0 Å². The highest BCUT2D eigenvalue weighted by atomic mass is 16.4. The number of nitrogens with two attached hydrogens (primary N) is 1. The fourth-order valence-corrected chi connectivity index (χ4v) is 1.32. The molecule has 9 nitrogen and oxygen atoms in total. The standard InChI is InChI=1S/C12H22N4O5/c1-7(2)5-14-10(18)6-16(3)12(21)15-8(11(19)20)4-9(13)17/h7-8H,4-6H2,1-3H3,(H2,13,17)(H,14,18)(H,15,21)(H,19,20)/t8-/m0/s1. The highest BCUT2D eigenvalue weighted by Crippen LogP contribution is 1.95. The largest absolute Gasteiger partial charge is 0.480 e. The molecule has 0 aliphatic rings.